The Bertz CT molecular complexity index is 1070. The number of ether oxygens (including phenoxy) is 2. The van der Waals surface area contributed by atoms with Gasteiger partial charge >= 0.3 is 0 Å². The minimum absolute atomic E-state index is 0.0494. The van der Waals surface area contributed by atoms with Gasteiger partial charge in [0.05, 0.1) is 19.1 Å². The maximum Gasteiger partial charge on any atom is 0.240 e. The molecular formula is C26H29FN2O5. The van der Waals surface area contributed by atoms with Crippen LogP contribution in [0.5, 0.6) is 11.5 Å². The standard InChI is InChI=1S/C26H29FN2O5/c1-28-23(30)14-26(25(28)32,19-6-3-7-22(13-19)33-2)15-24(31)29-12-4-5-18(16-29)17-34-21-10-8-20(27)9-11-21/h3,6-11,13,18H,4-5,12,14-17H2,1-2H3/t18-,26-/m0/s1. The first-order valence-corrected chi connectivity index (χ1v) is 11.4. The van der Waals surface area contributed by atoms with Crippen LogP contribution in [0.4, 0.5) is 4.39 Å². The van der Waals surface area contributed by atoms with E-state index >= 15 is 0 Å². The van der Waals surface area contributed by atoms with Crippen LogP contribution in [0.1, 0.15) is 31.2 Å². The molecule has 2 saturated heterocycles. The first kappa shape index (κ1) is 23.7. The lowest BCUT2D eigenvalue weighted by Gasteiger charge is -2.35. The SMILES string of the molecule is COc1cccc([C@@]2(CC(=O)N3CCC[C@H](COc4ccc(F)cc4)C3)CC(=O)N(C)C2=O)c1. The van der Waals surface area contributed by atoms with Gasteiger partial charge in [0.25, 0.3) is 0 Å². The van der Waals surface area contributed by atoms with Crippen LogP contribution in [-0.2, 0) is 19.8 Å². The third-order valence-corrected chi connectivity index (χ3v) is 6.79. The van der Waals surface area contributed by atoms with Crippen LogP contribution >= 0.6 is 0 Å². The summed E-state index contributed by atoms with van der Waals surface area (Å²) in [5.41, 5.74) is -0.634. The van der Waals surface area contributed by atoms with Crippen molar-refractivity contribution in [3.8, 4) is 11.5 Å². The number of piperidine rings is 1. The van der Waals surface area contributed by atoms with Gasteiger partial charge in [-0.15, -0.1) is 0 Å². The van der Waals surface area contributed by atoms with E-state index in [2.05, 4.69) is 0 Å². The Morgan fingerprint density at radius 1 is 1.15 bits per heavy atom. The summed E-state index contributed by atoms with van der Waals surface area (Å²) in [4.78, 5) is 42.0. The second-order valence-corrected chi connectivity index (χ2v) is 9.04. The summed E-state index contributed by atoms with van der Waals surface area (Å²) in [5.74, 6) is 0.120. The van der Waals surface area contributed by atoms with Crippen molar-refractivity contribution < 1.29 is 28.2 Å². The molecule has 2 atom stereocenters. The van der Waals surface area contributed by atoms with Crippen molar-refractivity contribution in [3.63, 3.8) is 0 Å². The average Bonchev–Trinajstić information content (AvgIpc) is 3.08. The predicted molar refractivity (Wildman–Crippen MR) is 123 cm³/mol. The van der Waals surface area contributed by atoms with E-state index in [-0.39, 0.29) is 42.3 Å². The van der Waals surface area contributed by atoms with Gasteiger partial charge in [-0.05, 0) is 54.8 Å². The molecule has 2 aliphatic heterocycles. The van der Waals surface area contributed by atoms with E-state index in [0.717, 1.165) is 17.7 Å². The zero-order valence-electron chi connectivity index (χ0n) is 19.5. The maximum absolute atomic E-state index is 13.4. The minimum atomic E-state index is -1.24. The first-order valence-electron chi connectivity index (χ1n) is 11.4. The van der Waals surface area contributed by atoms with Gasteiger partial charge in [0, 0.05) is 38.9 Å². The minimum Gasteiger partial charge on any atom is -0.497 e. The predicted octanol–water partition coefficient (Wildman–Crippen LogP) is 3.17. The topological polar surface area (TPSA) is 76.2 Å². The summed E-state index contributed by atoms with van der Waals surface area (Å²) in [5, 5.41) is 0. The molecule has 0 unspecified atom stereocenters. The van der Waals surface area contributed by atoms with Crippen molar-refractivity contribution in [3.05, 3.63) is 59.9 Å². The van der Waals surface area contributed by atoms with Gasteiger partial charge in [-0.3, -0.25) is 19.3 Å². The summed E-state index contributed by atoms with van der Waals surface area (Å²) in [6, 6.07) is 12.9. The third-order valence-electron chi connectivity index (χ3n) is 6.79. The normalized spacial score (nSPS) is 22.7. The van der Waals surface area contributed by atoms with Crippen LogP contribution in [0, 0.1) is 11.7 Å². The number of methoxy groups -OCH3 is 1. The molecule has 2 aliphatic rings. The smallest absolute Gasteiger partial charge is 0.240 e. The fourth-order valence-corrected chi connectivity index (χ4v) is 4.82. The van der Waals surface area contributed by atoms with Crippen molar-refractivity contribution in [1.82, 2.24) is 9.80 Å². The molecule has 3 amide bonds. The number of likely N-dealkylation sites (tertiary alicyclic amines) is 2. The van der Waals surface area contributed by atoms with Gasteiger partial charge in [0.1, 0.15) is 17.3 Å². The Hall–Kier alpha value is -3.42. The number of benzene rings is 2. The van der Waals surface area contributed by atoms with E-state index < -0.39 is 5.41 Å². The number of likely N-dealkylation sites (N-methyl/N-ethyl adjacent to an activating group) is 1. The quantitative estimate of drug-likeness (QED) is 0.584. The monoisotopic (exact) mass is 468 g/mol. The molecular weight excluding hydrogens is 439 g/mol. The molecule has 0 N–H and O–H groups in total. The molecule has 0 bridgehead atoms. The van der Waals surface area contributed by atoms with Crippen LogP contribution in [0.3, 0.4) is 0 Å². The highest BCUT2D eigenvalue weighted by molar-refractivity contribution is 6.10. The molecule has 0 radical (unpaired) electrons. The lowest BCUT2D eigenvalue weighted by molar-refractivity contribution is -0.142. The molecule has 2 heterocycles. The number of carbonyl (C=O) groups excluding carboxylic acids is 3. The average molecular weight is 469 g/mol. The Morgan fingerprint density at radius 3 is 2.59 bits per heavy atom. The summed E-state index contributed by atoms with van der Waals surface area (Å²) in [6.07, 6.45) is 1.60. The van der Waals surface area contributed by atoms with E-state index in [1.807, 2.05) is 0 Å². The van der Waals surface area contributed by atoms with Crippen molar-refractivity contribution in [2.75, 3.05) is 33.9 Å². The molecule has 34 heavy (non-hydrogen) atoms. The van der Waals surface area contributed by atoms with Crippen molar-refractivity contribution in [2.45, 2.75) is 31.1 Å². The highest BCUT2D eigenvalue weighted by Gasteiger charge is 2.53. The van der Waals surface area contributed by atoms with Gasteiger partial charge < -0.3 is 14.4 Å². The van der Waals surface area contributed by atoms with Crippen molar-refractivity contribution in [2.24, 2.45) is 5.92 Å². The molecule has 2 aromatic carbocycles. The zero-order valence-corrected chi connectivity index (χ0v) is 19.5. The first-order chi connectivity index (χ1) is 16.3. The maximum atomic E-state index is 13.4. The van der Waals surface area contributed by atoms with Crippen LogP contribution in [0.2, 0.25) is 0 Å². The summed E-state index contributed by atoms with van der Waals surface area (Å²) in [7, 11) is 2.99. The van der Waals surface area contributed by atoms with Crippen LogP contribution < -0.4 is 9.47 Å². The molecule has 0 aliphatic carbocycles. The molecule has 2 aromatic rings. The Balaban J connectivity index is 1.48. The van der Waals surface area contributed by atoms with Gasteiger partial charge in [-0.1, -0.05) is 12.1 Å². The molecule has 0 spiro atoms. The van der Waals surface area contributed by atoms with E-state index in [4.69, 9.17) is 9.47 Å². The van der Waals surface area contributed by atoms with Crippen LogP contribution in [-0.4, -0.2) is 61.4 Å². The number of imide groups is 1. The summed E-state index contributed by atoms with van der Waals surface area (Å²) >= 11 is 0. The third kappa shape index (κ3) is 4.76. The summed E-state index contributed by atoms with van der Waals surface area (Å²) < 4.78 is 24.2. The van der Waals surface area contributed by atoms with Crippen molar-refractivity contribution >= 4 is 17.7 Å². The van der Waals surface area contributed by atoms with Gasteiger partial charge in [-0.2, -0.15) is 0 Å². The second kappa shape index (κ2) is 9.83. The Labute approximate surface area is 198 Å². The number of rotatable bonds is 7. The number of halogens is 1. The second-order valence-electron chi connectivity index (χ2n) is 9.04. The number of carbonyl (C=O) groups is 3. The van der Waals surface area contributed by atoms with Crippen LogP contribution in [0.25, 0.3) is 0 Å². The molecule has 180 valence electrons. The highest BCUT2D eigenvalue weighted by atomic mass is 19.1. The molecule has 2 fully saturated rings. The van der Waals surface area contributed by atoms with E-state index in [1.54, 1.807) is 41.3 Å². The van der Waals surface area contributed by atoms with Gasteiger partial charge in [0.2, 0.25) is 17.7 Å². The molecule has 0 aromatic heterocycles. The van der Waals surface area contributed by atoms with E-state index in [1.165, 1.54) is 26.3 Å². The zero-order chi connectivity index (χ0) is 24.3. The van der Waals surface area contributed by atoms with E-state index in [9.17, 15) is 18.8 Å². The fraction of sp³-hybridized carbons (Fsp3) is 0.423. The molecule has 0 saturated carbocycles. The Morgan fingerprint density at radius 2 is 1.91 bits per heavy atom. The van der Waals surface area contributed by atoms with E-state index in [0.29, 0.717) is 36.8 Å². The largest absolute Gasteiger partial charge is 0.497 e. The number of hydrogen-bond acceptors (Lipinski definition) is 5. The van der Waals surface area contributed by atoms with Gasteiger partial charge in [0.15, 0.2) is 0 Å². The fourth-order valence-electron chi connectivity index (χ4n) is 4.82. The highest BCUT2D eigenvalue weighted by Crippen LogP contribution is 2.41. The van der Waals surface area contributed by atoms with Crippen LogP contribution in [0.15, 0.2) is 48.5 Å². The number of amides is 3. The van der Waals surface area contributed by atoms with Gasteiger partial charge in [-0.25, -0.2) is 4.39 Å². The molecule has 7 nitrogen and oxygen atoms in total. The van der Waals surface area contributed by atoms with Crippen molar-refractivity contribution in [1.29, 1.82) is 0 Å². The molecule has 8 heteroatoms. The Kier molecular flexibility index (Phi) is 6.86. The lowest BCUT2D eigenvalue weighted by atomic mass is 9.75. The number of hydrogen-bond donors (Lipinski definition) is 0. The molecule has 4 rings (SSSR count). The summed E-state index contributed by atoms with van der Waals surface area (Å²) in [6.45, 7) is 1.51. The lowest BCUT2D eigenvalue weighted by Crippen LogP contribution is -2.46. The number of nitrogens with zero attached hydrogens (tertiary/aromatic N) is 2.